The van der Waals surface area contributed by atoms with Crippen LogP contribution in [0.15, 0.2) is 6.33 Å². The molecule has 2 aromatic heterocycles. The number of ether oxygens (including phenoxy) is 1. The SMILES string of the molecule is COC(=O)c1sc2ncnc(NC3CCCCCC3)c2c1C. The van der Waals surface area contributed by atoms with E-state index in [0.29, 0.717) is 10.9 Å². The number of hydrogen-bond donors (Lipinski definition) is 1. The van der Waals surface area contributed by atoms with Crippen LogP contribution in [0.25, 0.3) is 10.2 Å². The van der Waals surface area contributed by atoms with Crippen LogP contribution in [0.4, 0.5) is 5.82 Å². The molecule has 1 aliphatic rings. The zero-order valence-electron chi connectivity index (χ0n) is 13.0. The number of nitrogens with zero attached hydrogens (tertiary/aromatic N) is 2. The first kappa shape index (κ1) is 15.2. The molecule has 6 heteroatoms. The smallest absolute Gasteiger partial charge is 0.348 e. The van der Waals surface area contributed by atoms with Crippen molar-refractivity contribution >= 4 is 33.3 Å². The van der Waals surface area contributed by atoms with Crippen molar-refractivity contribution in [2.24, 2.45) is 0 Å². The summed E-state index contributed by atoms with van der Waals surface area (Å²) in [5.41, 5.74) is 0.906. The van der Waals surface area contributed by atoms with Gasteiger partial charge in [0.05, 0.1) is 12.5 Å². The number of carbonyl (C=O) groups is 1. The third-order valence-corrected chi connectivity index (χ3v) is 5.47. The maximum absolute atomic E-state index is 11.9. The number of anilines is 1. The van der Waals surface area contributed by atoms with Gasteiger partial charge in [0.1, 0.15) is 21.9 Å². The summed E-state index contributed by atoms with van der Waals surface area (Å²) in [5.74, 6) is 0.543. The summed E-state index contributed by atoms with van der Waals surface area (Å²) >= 11 is 1.37. The van der Waals surface area contributed by atoms with E-state index in [-0.39, 0.29) is 5.97 Å². The molecular formula is C16H21N3O2S. The Bertz CT molecular complexity index is 675. The van der Waals surface area contributed by atoms with Crippen LogP contribution >= 0.6 is 11.3 Å². The highest BCUT2D eigenvalue weighted by Crippen LogP contribution is 2.34. The average Bonchev–Trinajstić information content (AvgIpc) is 2.71. The number of rotatable bonds is 3. The molecule has 0 amide bonds. The number of esters is 1. The van der Waals surface area contributed by atoms with Crippen molar-refractivity contribution in [3.05, 3.63) is 16.8 Å². The highest BCUT2D eigenvalue weighted by atomic mass is 32.1. The number of methoxy groups -OCH3 is 1. The van der Waals surface area contributed by atoms with Gasteiger partial charge in [-0.2, -0.15) is 0 Å². The molecule has 3 rings (SSSR count). The van der Waals surface area contributed by atoms with Gasteiger partial charge in [0.25, 0.3) is 0 Å². The van der Waals surface area contributed by atoms with Crippen LogP contribution in [0, 0.1) is 6.92 Å². The first-order valence-corrected chi connectivity index (χ1v) is 8.61. The fourth-order valence-electron chi connectivity index (χ4n) is 3.09. The summed E-state index contributed by atoms with van der Waals surface area (Å²) in [4.78, 5) is 22.1. The molecular weight excluding hydrogens is 298 g/mol. The molecule has 2 aromatic rings. The fraction of sp³-hybridized carbons (Fsp3) is 0.562. The fourth-order valence-corrected chi connectivity index (χ4v) is 4.15. The van der Waals surface area contributed by atoms with Gasteiger partial charge in [0.2, 0.25) is 0 Å². The van der Waals surface area contributed by atoms with E-state index < -0.39 is 0 Å². The van der Waals surface area contributed by atoms with Crippen molar-refractivity contribution in [3.63, 3.8) is 0 Å². The molecule has 118 valence electrons. The number of carbonyl (C=O) groups excluding carboxylic acids is 1. The van der Waals surface area contributed by atoms with Crippen molar-refractivity contribution in [1.82, 2.24) is 9.97 Å². The second-order valence-electron chi connectivity index (χ2n) is 5.78. The van der Waals surface area contributed by atoms with Crippen molar-refractivity contribution in [2.75, 3.05) is 12.4 Å². The zero-order chi connectivity index (χ0) is 15.5. The Balaban J connectivity index is 1.95. The van der Waals surface area contributed by atoms with E-state index in [2.05, 4.69) is 15.3 Å². The Hall–Kier alpha value is -1.69. The minimum atomic E-state index is -0.305. The molecule has 0 aliphatic heterocycles. The molecule has 0 atom stereocenters. The second kappa shape index (κ2) is 6.60. The number of aromatic nitrogens is 2. The third-order valence-electron chi connectivity index (χ3n) is 4.29. The molecule has 1 aliphatic carbocycles. The standard InChI is InChI=1S/C16H21N3O2S/c1-10-12-14(19-11-7-5-3-4-6-8-11)17-9-18-15(12)22-13(10)16(20)21-2/h9,11H,3-8H2,1-2H3,(H,17,18,19). The van der Waals surface area contributed by atoms with Crippen LogP contribution in [0.2, 0.25) is 0 Å². The van der Waals surface area contributed by atoms with Crippen LogP contribution in [-0.2, 0) is 4.74 Å². The Morgan fingerprint density at radius 3 is 2.68 bits per heavy atom. The van der Waals surface area contributed by atoms with Gasteiger partial charge in [-0.3, -0.25) is 0 Å². The quantitative estimate of drug-likeness (QED) is 0.686. The normalized spacial score (nSPS) is 16.5. The molecule has 0 radical (unpaired) electrons. The molecule has 0 aromatic carbocycles. The zero-order valence-corrected chi connectivity index (χ0v) is 13.8. The monoisotopic (exact) mass is 319 g/mol. The highest BCUT2D eigenvalue weighted by molar-refractivity contribution is 7.20. The lowest BCUT2D eigenvalue weighted by molar-refractivity contribution is 0.0605. The molecule has 1 saturated carbocycles. The Labute approximate surface area is 134 Å². The lowest BCUT2D eigenvalue weighted by atomic mass is 10.1. The predicted molar refractivity (Wildman–Crippen MR) is 88.6 cm³/mol. The first-order chi connectivity index (χ1) is 10.7. The van der Waals surface area contributed by atoms with E-state index in [4.69, 9.17) is 4.74 Å². The van der Waals surface area contributed by atoms with E-state index in [1.54, 1.807) is 6.33 Å². The molecule has 1 N–H and O–H groups in total. The van der Waals surface area contributed by atoms with Gasteiger partial charge in [0, 0.05) is 6.04 Å². The Morgan fingerprint density at radius 1 is 1.27 bits per heavy atom. The Kier molecular flexibility index (Phi) is 4.57. The van der Waals surface area contributed by atoms with Gasteiger partial charge in [-0.25, -0.2) is 14.8 Å². The summed E-state index contributed by atoms with van der Waals surface area (Å²) in [7, 11) is 1.41. The number of aryl methyl sites for hydroxylation is 1. The third kappa shape index (κ3) is 2.92. The van der Waals surface area contributed by atoms with Crippen LogP contribution in [0.3, 0.4) is 0 Å². The molecule has 0 bridgehead atoms. The minimum Gasteiger partial charge on any atom is -0.465 e. The lowest BCUT2D eigenvalue weighted by Crippen LogP contribution is -2.19. The van der Waals surface area contributed by atoms with E-state index in [1.807, 2.05) is 6.92 Å². The Morgan fingerprint density at radius 2 is 2.00 bits per heavy atom. The van der Waals surface area contributed by atoms with E-state index >= 15 is 0 Å². The number of fused-ring (bicyclic) bond motifs is 1. The topological polar surface area (TPSA) is 64.1 Å². The molecule has 2 heterocycles. The average molecular weight is 319 g/mol. The van der Waals surface area contributed by atoms with Crippen molar-refractivity contribution in [1.29, 1.82) is 0 Å². The van der Waals surface area contributed by atoms with E-state index in [1.165, 1.54) is 57.0 Å². The molecule has 0 saturated heterocycles. The molecule has 5 nitrogen and oxygen atoms in total. The minimum absolute atomic E-state index is 0.305. The van der Waals surface area contributed by atoms with Gasteiger partial charge in [0.15, 0.2) is 0 Å². The van der Waals surface area contributed by atoms with Crippen LogP contribution in [-0.4, -0.2) is 29.1 Å². The molecule has 0 spiro atoms. The summed E-state index contributed by atoms with van der Waals surface area (Å²) in [6, 6.07) is 0.460. The van der Waals surface area contributed by atoms with Gasteiger partial charge in [-0.05, 0) is 25.3 Å². The van der Waals surface area contributed by atoms with Gasteiger partial charge >= 0.3 is 5.97 Å². The summed E-state index contributed by atoms with van der Waals surface area (Å²) in [6.45, 7) is 1.94. The van der Waals surface area contributed by atoms with E-state index in [9.17, 15) is 4.79 Å². The van der Waals surface area contributed by atoms with Crippen LogP contribution < -0.4 is 5.32 Å². The maximum Gasteiger partial charge on any atom is 0.348 e. The highest BCUT2D eigenvalue weighted by Gasteiger charge is 2.21. The summed E-state index contributed by atoms with van der Waals surface area (Å²) in [5, 5.41) is 4.53. The summed E-state index contributed by atoms with van der Waals surface area (Å²) < 4.78 is 4.86. The number of hydrogen-bond acceptors (Lipinski definition) is 6. The predicted octanol–water partition coefficient (Wildman–Crippen LogP) is 3.92. The van der Waals surface area contributed by atoms with Gasteiger partial charge in [-0.1, -0.05) is 25.7 Å². The largest absolute Gasteiger partial charge is 0.465 e. The van der Waals surface area contributed by atoms with Crippen molar-refractivity contribution < 1.29 is 9.53 Å². The van der Waals surface area contributed by atoms with Gasteiger partial charge < -0.3 is 10.1 Å². The van der Waals surface area contributed by atoms with E-state index in [0.717, 1.165) is 21.6 Å². The maximum atomic E-state index is 11.9. The van der Waals surface area contributed by atoms with Crippen molar-refractivity contribution in [2.45, 2.75) is 51.5 Å². The molecule has 1 fully saturated rings. The molecule has 0 unspecified atom stereocenters. The van der Waals surface area contributed by atoms with Gasteiger partial charge in [-0.15, -0.1) is 11.3 Å². The molecule has 22 heavy (non-hydrogen) atoms. The first-order valence-electron chi connectivity index (χ1n) is 7.79. The second-order valence-corrected chi connectivity index (χ2v) is 6.78. The lowest BCUT2D eigenvalue weighted by Gasteiger charge is -2.17. The van der Waals surface area contributed by atoms with Crippen molar-refractivity contribution in [3.8, 4) is 0 Å². The summed E-state index contributed by atoms with van der Waals surface area (Å²) in [6.07, 6.45) is 9.10. The van der Waals surface area contributed by atoms with Crippen LogP contribution in [0.1, 0.15) is 53.8 Å². The van der Waals surface area contributed by atoms with Crippen LogP contribution in [0.5, 0.6) is 0 Å². The number of nitrogens with one attached hydrogen (secondary N) is 1. The number of thiophene rings is 1.